The van der Waals surface area contributed by atoms with Crippen LogP contribution >= 0.6 is 0 Å². The topological polar surface area (TPSA) is 55.8 Å². The molecule has 30 heavy (non-hydrogen) atoms. The Morgan fingerprint density at radius 1 is 1.10 bits per heavy atom. The second-order valence-electron chi connectivity index (χ2n) is 7.63. The van der Waals surface area contributed by atoms with Gasteiger partial charge in [-0.15, -0.1) is 0 Å². The third kappa shape index (κ3) is 5.53. The first-order valence-corrected chi connectivity index (χ1v) is 9.95. The van der Waals surface area contributed by atoms with Crippen LogP contribution in [0.2, 0.25) is 0 Å². The van der Waals surface area contributed by atoms with E-state index < -0.39 is 23.6 Å². The van der Waals surface area contributed by atoms with E-state index in [-0.39, 0.29) is 6.61 Å². The van der Waals surface area contributed by atoms with Gasteiger partial charge in [0.15, 0.2) is 0 Å². The molecular weight excluding hydrogens is 397 g/mol. The molecule has 7 heteroatoms. The van der Waals surface area contributed by atoms with E-state index in [0.717, 1.165) is 31.4 Å². The fourth-order valence-corrected chi connectivity index (χ4v) is 3.61. The predicted octanol–water partition coefficient (Wildman–Crippen LogP) is 5.76. The summed E-state index contributed by atoms with van der Waals surface area (Å²) in [6.45, 7) is 0.650. The minimum absolute atomic E-state index is 0.284. The molecule has 1 atom stereocenters. The molecular formula is C23H25F3O4. The Morgan fingerprint density at radius 3 is 2.33 bits per heavy atom. The van der Waals surface area contributed by atoms with Crippen molar-refractivity contribution in [3.63, 3.8) is 0 Å². The van der Waals surface area contributed by atoms with Gasteiger partial charge in [-0.3, -0.25) is 4.79 Å². The molecule has 0 aliphatic heterocycles. The van der Waals surface area contributed by atoms with Crippen molar-refractivity contribution in [2.75, 3.05) is 20.3 Å². The van der Waals surface area contributed by atoms with Crippen molar-refractivity contribution in [1.82, 2.24) is 0 Å². The number of carboxylic acids is 1. The molecule has 0 radical (unpaired) electrons. The molecule has 4 nitrogen and oxygen atoms in total. The third-order valence-corrected chi connectivity index (χ3v) is 5.52. The van der Waals surface area contributed by atoms with Gasteiger partial charge in [0.1, 0.15) is 12.4 Å². The number of ether oxygens (including phenoxy) is 2. The summed E-state index contributed by atoms with van der Waals surface area (Å²) in [6.07, 6.45) is -0.692. The summed E-state index contributed by atoms with van der Waals surface area (Å²) in [6, 6.07) is 9.99. The monoisotopic (exact) mass is 422 g/mol. The molecule has 0 saturated heterocycles. The molecule has 3 rings (SSSR count). The molecule has 1 N–H and O–H groups in total. The standard InChI is InChI=1S/C23H25F3O4/c1-29-9-10-30-20-13-17(16-5-7-19(8-6-16)23(24,25)26)12-18(14-20)21(22(27)28)11-15-3-2-4-15/h5-8,12-15,21H,2-4,9-11H2,1H3,(H,27,28). The van der Waals surface area contributed by atoms with E-state index in [2.05, 4.69) is 0 Å². The summed E-state index contributed by atoms with van der Waals surface area (Å²) >= 11 is 0. The van der Waals surface area contributed by atoms with E-state index in [4.69, 9.17) is 9.47 Å². The van der Waals surface area contributed by atoms with Crippen LogP contribution in [0.5, 0.6) is 5.75 Å². The van der Waals surface area contributed by atoms with E-state index in [1.165, 1.54) is 12.1 Å². The number of alkyl halides is 3. The van der Waals surface area contributed by atoms with Crippen molar-refractivity contribution in [2.24, 2.45) is 5.92 Å². The van der Waals surface area contributed by atoms with Crippen molar-refractivity contribution < 1.29 is 32.5 Å². The number of benzene rings is 2. The minimum Gasteiger partial charge on any atom is -0.491 e. The van der Waals surface area contributed by atoms with Gasteiger partial charge in [-0.2, -0.15) is 13.2 Å². The van der Waals surface area contributed by atoms with Crippen LogP contribution in [0.4, 0.5) is 13.2 Å². The third-order valence-electron chi connectivity index (χ3n) is 5.52. The van der Waals surface area contributed by atoms with E-state index in [1.807, 2.05) is 0 Å². The highest BCUT2D eigenvalue weighted by Gasteiger charge is 2.30. The molecule has 1 saturated carbocycles. The molecule has 2 aromatic carbocycles. The van der Waals surface area contributed by atoms with Crippen LogP contribution in [-0.2, 0) is 15.7 Å². The Hall–Kier alpha value is -2.54. The molecule has 1 aliphatic carbocycles. The van der Waals surface area contributed by atoms with Crippen molar-refractivity contribution in [3.8, 4) is 16.9 Å². The lowest BCUT2D eigenvalue weighted by molar-refractivity contribution is -0.139. The van der Waals surface area contributed by atoms with E-state index in [0.29, 0.717) is 41.4 Å². The lowest BCUT2D eigenvalue weighted by atomic mass is 9.77. The highest BCUT2D eigenvalue weighted by Crippen LogP contribution is 2.39. The van der Waals surface area contributed by atoms with Gasteiger partial charge < -0.3 is 14.6 Å². The zero-order chi connectivity index (χ0) is 21.7. The second-order valence-corrected chi connectivity index (χ2v) is 7.63. The number of carbonyl (C=O) groups is 1. The van der Waals surface area contributed by atoms with Crippen molar-refractivity contribution in [1.29, 1.82) is 0 Å². The summed E-state index contributed by atoms with van der Waals surface area (Å²) in [5, 5.41) is 9.80. The SMILES string of the molecule is COCCOc1cc(-c2ccc(C(F)(F)F)cc2)cc(C(CC2CCC2)C(=O)O)c1. The number of aliphatic carboxylic acids is 1. The molecule has 0 heterocycles. The molecule has 162 valence electrons. The zero-order valence-corrected chi connectivity index (χ0v) is 16.7. The van der Waals surface area contributed by atoms with Crippen molar-refractivity contribution in [2.45, 2.75) is 37.8 Å². The Labute approximate surface area is 173 Å². The number of rotatable bonds is 9. The van der Waals surface area contributed by atoms with Gasteiger partial charge >= 0.3 is 12.1 Å². The maximum atomic E-state index is 12.9. The summed E-state index contributed by atoms with van der Waals surface area (Å²) in [4.78, 5) is 12.0. The van der Waals surface area contributed by atoms with Crippen LogP contribution in [-0.4, -0.2) is 31.4 Å². The van der Waals surface area contributed by atoms with E-state index in [1.54, 1.807) is 25.3 Å². The minimum atomic E-state index is -4.41. The number of methoxy groups -OCH3 is 1. The van der Waals surface area contributed by atoms with Crippen molar-refractivity contribution >= 4 is 5.97 Å². The van der Waals surface area contributed by atoms with Gasteiger partial charge in [0.25, 0.3) is 0 Å². The Kier molecular flexibility index (Phi) is 7.02. The summed E-state index contributed by atoms with van der Waals surface area (Å²) in [5.41, 5.74) is 1.05. The van der Waals surface area contributed by atoms with Gasteiger partial charge in [-0.05, 0) is 53.3 Å². The fourth-order valence-electron chi connectivity index (χ4n) is 3.61. The average molecular weight is 422 g/mol. The van der Waals surface area contributed by atoms with Gasteiger partial charge in [-0.25, -0.2) is 0 Å². The fraction of sp³-hybridized carbons (Fsp3) is 0.435. The predicted molar refractivity (Wildman–Crippen MR) is 107 cm³/mol. The Balaban J connectivity index is 1.95. The molecule has 1 aliphatic rings. The zero-order valence-electron chi connectivity index (χ0n) is 16.7. The molecule has 1 unspecified atom stereocenters. The van der Waals surface area contributed by atoms with Crippen molar-refractivity contribution in [3.05, 3.63) is 53.6 Å². The smallest absolute Gasteiger partial charge is 0.416 e. The number of hydrogen-bond donors (Lipinski definition) is 1. The van der Waals surface area contributed by atoms with Gasteiger partial charge in [0, 0.05) is 7.11 Å². The van der Waals surface area contributed by atoms with Crippen LogP contribution in [0.3, 0.4) is 0 Å². The molecule has 0 amide bonds. The summed E-state index contributed by atoms with van der Waals surface area (Å²) < 4.78 is 49.3. The highest BCUT2D eigenvalue weighted by molar-refractivity contribution is 5.78. The second kappa shape index (κ2) is 9.51. The quantitative estimate of drug-likeness (QED) is 0.523. The number of halogens is 3. The van der Waals surface area contributed by atoms with E-state index in [9.17, 15) is 23.1 Å². The lowest BCUT2D eigenvalue weighted by Gasteiger charge is -2.28. The first-order valence-electron chi connectivity index (χ1n) is 9.95. The van der Waals surface area contributed by atoms with Gasteiger partial charge in [0.2, 0.25) is 0 Å². The first kappa shape index (κ1) is 22.2. The largest absolute Gasteiger partial charge is 0.491 e. The molecule has 0 aromatic heterocycles. The summed E-state index contributed by atoms with van der Waals surface area (Å²) in [7, 11) is 1.55. The Bertz CT molecular complexity index is 858. The van der Waals surface area contributed by atoms with Gasteiger partial charge in [-0.1, -0.05) is 37.5 Å². The maximum Gasteiger partial charge on any atom is 0.416 e. The van der Waals surface area contributed by atoms with Crippen LogP contribution in [0.15, 0.2) is 42.5 Å². The van der Waals surface area contributed by atoms with Crippen LogP contribution in [0, 0.1) is 5.92 Å². The molecule has 1 fully saturated rings. The first-order chi connectivity index (χ1) is 14.3. The lowest BCUT2D eigenvalue weighted by Crippen LogP contribution is -2.20. The van der Waals surface area contributed by atoms with Gasteiger partial charge in [0.05, 0.1) is 18.1 Å². The molecule has 0 spiro atoms. The highest BCUT2D eigenvalue weighted by atomic mass is 19.4. The normalized spacial score (nSPS) is 15.5. The van der Waals surface area contributed by atoms with E-state index >= 15 is 0 Å². The van der Waals surface area contributed by atoms with Crippen LogP contribution in [0.1, 0.15) is 42.7 Å². The number of carboxylic acid groups (broad SMARTS) is 1. The molecule has 2 aromatic rings. The van der Waals surface area contributed by atoms with Crippen LogP contribution in [0.25, 0.3) is 11.1 Å². The maximum absolute atomic E-state index is 12.9. The number of hydrogen-bond acceptors (Lipinski definition) is 3. The molecule has 0 bridgehead atoms. The average Bonchev–Trinajstić information content (AvgIpc) is 2.66. The summed E-state index contributed by atoms with van der Waals surface area (Å²) in [5.74, 6) is -0.734. The van der Waals surface area contributed by atoms with Crippen LogP contribution < -0.4 is 4.74 Å². The Morgan fingerprint density at radius 2 is 1.80 bits per heavy atom.